The molecule has 0 aromatic heterocycles. The first kappa shape index (κ1) is 23.3. The molecule has 0 fully saturated rings. The Bertz CT molecular complexity index is 712. The summed E-state index contributed by atoms with van der Waals surface area (Å²) in [5.41, 5.74) is 0.742. The summed E-state index contributed by atoms with van der Waals surface area (Å²) in [4.78, 5) is 34.4. The molecule has 1 aromatic carbocycles. The minimum absolute atomic E-state index is 0.0722. The summed E-state index contributed by atoms with van der Waals surface area (Å²) in [6.07, 6.45) is -11.5. The Morgan fingerprint density at radius 3 is 1.62 bits per heavy atom. The minimum Gasteiger partial charge on any atom is -0.294 e. The molecular formula is C16H13F6NO3. The van der Waals surface area contributed by atoms with Crippen LogP contribution in [0.4, 0.5) is 32.0 Å². The average Bonchev–Trinajstić information content (AvgIpc) is 2.50. The van der Waals surface area contributed by atoms with Crippen molar-refractivity contribution in [2.24, 2.45) is 5.41 Å². The van der Waals surface area contributed by atoms with Crippen LogP contribution < -0.4 is 0 Å². The fraction of sp³-hybridized carbons (Fsp3) is 0.375. The van der Waals surface area contributed by atoms with E-state index in [-0.39, 0.29) is 11.2 Å². The Hall–Kier alpha value is -2.70. The maximum Gasteiger partial charge on any atom is 0.458 e. The van der Waals surface area contributed by atoms with E-state index >= 15 is 0 Å². The summed E-state index contributed by atoms with van der Waals surface area (Å²) >= 11 is 0. The summed E-state index contributed by atoms with van der Waals surface area (Å²) in [7, 11) is 0. The van der Waals surface area contributed by atoms with Crippen molar-refractivity contribution >= 4 is 23.0 Å². The van der Waals surface area contributed by atoms with Crippen LogP contribution >= 0.6 is 0 Å². The standard InChI is InChI=1S/C12H13NO.C4F6O2/c1-12(2,3)11(14)9-6-5-7-10(8-9)13-4;5-3(6,7)1(11)2(12)4(8,9)10/h5-8H,1-3H3;. The van der Waals surface area contributed by atoms with E-state index in [1.807, 2.05) is 20.8 Å². The highest BCUT2D eigenvalue weighted by Crippen LogP contribution is 2.24. The lowest BCUT2D eigenvalue weighted by atomic mass is 9.86. The number of carbonyl (C=O) groups excluding carboxylic acids is 3. The van der Waals surface area contributed by atoms with Gasteiger partial charge in [0.15, 0.2) is 11.5 Å². The molecule has 0 radical (unpaired) electrons. The van der Waals surface area contributed by atoms with Crippen LogP contribution in [0, 0.1) is 12.0 Å². The van der Waals surface area contributed by atoms with E-state index < -0.39 is 23.9 Å². The second kappa shape index (κ2) is 8.12. The molecule has 0 saturated heterocycles. The van der Waals surface area contributed by atoms with E-state index in [9.17, 15) is 40.7 Å². The molecule has 0 atom stereocenters. The van der Waals surface area contributed by atoms with Crippen LogP contribution in [0.3, 0.4) is 0 Å². The summed E-state index contributed by atoms with van der Waals surface area (Å²) in [5, 5.41) is 0. The first-order valence-electron chi connectivity index (χ1n) is 6.76. The molecule has 4 nitrogen and oxygen atoms in total. The molecule has 0 unspecified atom stereocenters. The normalized spacial score (nSPS) is 11.7. The van der Waals surface area contributed by atoms with Gasteiger partial charge in [-0.1, -0.05) is 39.0 Å². The fourth-order valence-corrected chi connectivity index (χ4v) is 1.41. The number of hydrogen-bond donors (Lipinski definition) is 0. The first-order valence-corrected chi connectivity index (χ1v) is 6.76. The lowest BCUT2D eigenvalue weighted by molar-refractivity contribution is -0.193. The molecule has 0 bridgehead atoms. The number of ketones is 3. The molecule has 0 heterocycles. The number of halogens is 6. The Morgan fingerprint density at radius 1 is 0.885 bits per heavy atom. The van der Waals surface area contributed by atoms with E-state index in [2.05, 4.69) is 4.85 Å². The predicted octanol–water partition coefficient (Wildman–Crippen LogP) is 4.72. The van der Waals surface area contributed by atoms with Gasteiger partial charge in [-0.15, -0.1) is 0 Å². The number of rotatable bonds is 2. The largest absolute Gasteiger partial charge is 0.458 e. The van der Waals surface area contributed by atoms with E-state index in [0.717, 1.165) is 0 Å². The second-order valence-electron chi connectivity index (χ2n) is 5.90. The van der Waals surface area contributed by atoms with E-state index in [0.29, 0.717) is 11.3 Å². The molecule has 0 N–H and O–H groups in total. The van der Waals surface area contributed by atoms with Crippen molar-refractivity contribution in [2.75, 3.05) is 0 Å². The number of carbonyl (C=O) groups is 3. The zero-order valence-corrected chi connectivity index (χ0v) is 13.7. The minimum atomic E-state index is -5.77. The first-order chi connectivity index (χ1) is 11.5. The van der Waals surface area contributed by atoms with Crippen molar-refractivity contribution in [3.63, 3.8) is 0 Å². The predicted molar refractivity (Wildman–Crippen MR) is 78.6 cm³/mol. The Labute approximate surface area is 144 Å². The molecule has 1 aromatic rings. The molecule has 0 aliphatic heterocycles. The highest BCUT2D eigenvalue weighted by molar-refractivity contribution is 6.41. The van der Waals surface area contributed by atoms with Gasteiger partial charge in [-0.05, 0) is 6.07 Å². The van der Waals surface area contributed by atoms with Gasteiger partial charge in [0, 0.05) is 11.0 Å². The molecule has 0 aliphatic carbocycles. The summed E-state index contributed by atoms with van der Waals surface area (Å²) in [6.45, 7) is 12.5. The number of nitrogens with zero attached hydrogens (tertiary/aromatic N) is 1. The molecular weight excluding hydrogens is 368 g/mol. The molecule has 10 heteroatoms. The molecule has 0 aliphatic rings. The topological polar surface area (TPSA) is 55.6 Å². The van der Waals surface area contributed by atoms with E-state index in [1.165, 1.54) is 0 Å². The molecule has 0 amide bonds. The fourth-order valence-electron chi connectivity index (χ4n) is 1.41. The highest BCUT2D eigenvalue weighted by atomic mass is 19.4. The van der Waals surface area contributed by atoms with Gasteiger partial charge in [0.2, 0.25) is 0 Å². The monoisotopic (exact) mass is 381 g/mol. The van der Waals surface area contributed by atoms with Gasteiger partial charge in [-0.25, -0.2) is 4.85 Å². The Kier molecular flexibility index (Phi) is 7.28. The van der Waals surface area contributed by atoms with Crippen LogP contribution in [0.25, 0.3) is 4.85 Å². The van der Waals surface area contributed by atoms with Gasteiger partial charge < -0.3 is 0 Å². The molecule has 26 heavy (non-hydrogen) atoms. The van der Waals surface area contributed by atoms with Gasteiger partial charge in [0.05, 0.1) is 6.57 Å². The SMILES string of the molecule is O=C(C(=O)C(F)(F)F)C(F)(F)F.[C-]#[N+]c1cccc(C(=O)C(C)(C)C)c1. The second-order valence-corrected chi connectivity index (χ2v) is 5.90. The molecule has 1 rings (SSSR count). The van der Waals surface area contributed by atoms with Crippen LogP contribution in [0.15, 0.2) is 24.3 Å². The van der Waals surface area contributed by atoms with Gasteiger partial charge in [0.25, 0.3) is 0 Å². The van der Waals surface area contributed by atoms with Crippen LogP contribution in [0.1, 0.15) is 31.1 Å². The Balaban J connectivity index is 0.000000488. The van der Waals surface area contributed by atoms with Crippen molar-refractivity contribution in [1.82, 2.24) is 0 Å². The van der Waals surface area contributed by atoms with Crippen molar-refractivity contribution in [3.05, 3.63) is 41.2 Å². The number of benzene rings is 1. The zero-order chi connectivity index (χ0) is 20.9. The maximum atomic E-state index is 11.8. The van der Waals surface area contributed by atoms with Crippen LogP contribution in [-0.2, 0) is 9.59 Å². The summed E-state index contributed by atoms with van der Waals surface area (Å²) < 4.78 is 67.0. The van der Waals surface area contributed by atoms with Gasteiger partial charge >= 0.3 is 23.9 Å². The quantitative estimate of drug-likeness (QED) is 0.323. The van der Waals surface area contributed by atoms with Gasteiger partial charge in [0.1, 0.15) is 0 Å². The third-order valence-corrected chi connectivity index (χ3v) is 2.64. The number of Topliss-reactive ketones (excluding diaryl/α,β-unsaturated/α-hetero) is 3. The van der Waals surface area contributed by atoms with E-state index in [4.69, 9.17) is 6.57 Å². The zero-order valence-electron chi connectivity index (χ0n) is 13.7. The van der Waals surface area contributed by atoms with Gasteiger partial charge in [-0.3, -0.25) is 14.4 Å². The number of hydrogen-bond acceptors (Lipinski definition) is 3. The van der Waals surface area contributed by atoms with Gasteiger partial charge in [-0.2, -0.15) is 26.3 Å². The van der Waals surface area contributed by atoms with Crippen LogP contribution in [0.2, 0.25) is 0 Å². The molecule has 0 spiro atoms. The maximum absolute atomic E-state index is 11.8. The summed E-state index contributed by atoms with van der Waals surface area (Å²) in [6, 6.07) is 6.83. The van der Waals surface area contributed by atoms with Crippen LogP contribution in [0.5, 0.6) is 0 Å². The van der Waals surface area contributed by atoms with Crippen molar-refractivity contribution in [3.8, 4) is 0 Å². The molecule has 0 saturated carbocycles. The third kappa shape index (κ3) is 7.04. The van der Waals surface area contributed by atoms with Crippen LogP contribution in [-0.4, -0.2) is 29.7 Å². The highest BCUT2D eigenvalue weighted by Gasteiger charge is 2.54. The smallest absolute Gasteiger partial charge is 0.294 e. The lowest BCUT2D eigenvalue weighted by Crippen LogP contribution is -2.39. The Morgan fingerprint density at radius 2 is 1.31 bits per heavy atom. The van der Waals surface area contributed by atoms with E-state index in [1.54, 1.807) is 24.3 Å². The third-order valence-electron chi connectivity index (χ3n) is 2.64. The van der Waals surface area contributed by atoms with Crippen molar-refractivity contribution in [1.29, 1.82) is 0 Å². The number of alkyl halides is 6. The lowest BCUT2D eigenvalue weighted by Gasteiger charge is -2.16. The summed E-state index contributed by atoms with van der Waals surface area (Å²) in [5.74, 6) is -6.74. The molecule has 142 valence electrons. The average molecular weight is 381 g/mol. The van der Waals surface area contributed by atoms with Crippen molar-refractivity contribution < 1.29 is 40.7 Å². The van der Waals surface area contributed by atoms with Crippen molar-refractivity contribution in [2.45, 2.75) is 33.1 Å².